The Bertz CT molecular complexity index is 531. The first-order valence-electron chi connectivity index (χ1n) is 5.45. The van der Waals surface area contributed by atoms with Gasteiger partial charge in [-0.1, -0.05) is 18.2 Å². The van der Waals surface area contributed by atoms with Gasteiger partial charge in [0, 0.05) is 9.77 Å². The van der Waals surface area contributed by atoms with E-state index in [0.29, 0.717) is 11.7 Å². The molecule has 18 heavy (non-hydrogen) atoms. The third kappa shape index (κ3) is 3.92. The van der Waals surface area contributed by atoms with E-state index in [9.17, 15) is 0 Å². The number of thiocarbonyl (C=S) groups is 1. The first-order valence-corrected chi connectivity index (χ1v) is 6.94. The fraction of sp³-hybridized carbons (Fsp3) is 0.0769. The lowest BCUT2D eigenvalue weighted by Gasteiger charge is -2.11. The van der Waals surface area contributed by atoms with Crippen molar-refractivity contribution in [2.24, 2.45) is 0 Å². The molecule has 0 spiro atoms. The Balaban J connectivity index is 1.88. The second-order valence-corrected chi connectivity index (χ2v) is 5.18. The van der Waals surface area contributed by atoms with Crippen molar-refractivity contribution in [3.05, 3.63) is 57.9 Å². The molecule has 1 aromatic carbocycles. The van der Waals surface area contributed by atoms with Crippen molar-refractivity contribution in [2.75, 3.05) is 5.32 Å². The minimum absolute atomic E-state index is 0.602. The van der Waals surface area contributed by atoms with E-state index >= 15 is 0 Å². The molecule has 0 saturated heterocycles. The van der Waals surface area contributed by atoms with E-state index in [4.69, 9.17) is 12.2 Å². The van der Waals surface area contributed by atoms with Crippen LogP contribution in [0.25, 0.3) is 0 Å². The molecule has 1 heterocycles. The molecule has 0 amide bonds. The summed E-state index contributed by atoms with van der Waals surface area (Å²) in [6.45, 7) is 0.621. The molecule has 0 bridgehead atoms. The van der Waals surface area contributed by atoms with Gasteiger partial charge >= 0.3 is 0 Å². The average Bonchev–Trinajstić information content (AvgIpc) is 2.40. The SMILES string of the molecule is S=C(NCc1ccccn1)Nc1ccccc1I. The van der Waals surface area contributed by atoms with Crippen molar-refractivity contribution < 1.29 is 0 Å². The van der Waals surface area contributed by atoms with Crippen LogP contribution in [-0.2, 0) is 6.54 Å². The zero-order chi connectivity index (χ0) is 12.8. The lowest BCUT2D eigenvalue weighted by molar-refractivity contribution is 0.882. The number of hydrogen-bond donors (Lipinski definition) is 2. The second kappa shape index (κ2) is 6.65. The zero-order valence-electron chi connectivity index (χ0n) is 9.56. The van der Waals surface area contributed by atoms with Gasteiger partial charge in [-0.25, -0.2) is 0 Å². The first-order chi connectivity index (χ1) is 8.75. The molecule has 0 unspecified atom stereocenters. The predicted octanol–water partition coefficient (Wildman–Crippen LogP) is 3.17. The number of aromatic nitrogens is 1. The largest absolute Gasteiger partial charge is 0.357 e. The van der Waals surface area contributed by atoms with Crippen LogP contribution >= 0.6 is 34.8 Å². The monoisotopic (exact) mass is 369 g/mol. The molecule has 0 atom stereocenters. The maximum Gasteiger partial charge on any atom is 0.171 e. The molecule has 0 aliphatic heterocycles. The molecule has 5 heteroatoms. The lowest BCUT2D eigenvalue weighted by atomic mass is 10.3. The van der Waals surface area contributed by atoms with E-state index in [-0.39, 0.29) is 0 Å². The Morgan fingerprint density at radius 2 is 1.94 bits per heavy atom. The van der Waals surface area contributed by atoms with Crippen molar-refractivity contribution in [1.82, 2.24) is 10.3 Å². The molecule has 0 radical (unpaired) electrons. The Labute approximate surface area is 125 Å². The second-order valence-electron chi connectivity index (χ2n) is 3.61. The number of nitrogens with zero attached hydrogens (tertiary/aromatic N) is 1. The summed E-state index contributed by atoms with van der Waals surface area (Å²) in [4.78, 5) is 4.22. The third-order valence-electron chi connectivity index (χ3n) is 2.28. The lowest BCUT2D eigenvalue weighted by Crippen LogP contribution is -2.28. The van der Waals surface area contributed by atoms with Crippen LogP contribution in [0.4, 0.5) is 5.69 Å². The summed E-state index contributed by atoms with van der Waals surface area (Å²) >= 11 is 7.51. The normalized spacial score (nSPS) is 9.83. The highest BCUT2D eigenvalue weighted by Gasteiger charge is 2.01. The molecule has 0 saturated carbocycles. The highest BCUT2D eigenvalue weighted by Crippen LogP contribution is 2.16. The van der Waals surface area contributed by atoms with Crippen LogP contribution in [0.5, 0.6) is 0 Å². The number of pyridine rings is 1. The van der Waals surface area contributed by atoms with Gasteiger partial charge in [-0.05, 0) is 59.1 Å². The van der Waals surface area contributed by atoms with E-state index in [2.05, 4.69) is 38.2 Å². The summed E-state index contributed by atoms with van der Waals surface area (Å²) in [6.07, 6.45) is 1.77. The number of rotatable bonds is 3. The minimum Gasteiger partial charge on any atom is -0.357 e. The standard InChI is InChI=1S/C13H12IN3S/c14-11-6-1-2-7-12(11)17-13(18)16-9-10-5-3-4-8-15-10/h1-8H,9H2,(H2,16,17,18). The van der Waals surface area contributed by atoms with E-state index in [1.807, 2.05) is 42.5 Å². The number of halogens is 1. The quantitative estimate of drug-likeness (QED) is 0.644. The van der Waals surface area contributed by atoms with Crippen LogP contribution in [0.1, 0.15) is 5.69 Å². The van der Waals surface area contributed by atoms with Crippen LogP contribution in [-0.4, -0.2) is 10.1 Å². The van der Waals surface area contributed by atoms with Gasteiger partial charge < -0.3 is 10.6 Å². The summed E-state index contributed by atoms with van der Waals surface area (Å²) in [6, 6.07) is 13.8. The summed E-state index contributed by atoms with van der Waals surface area (Å²) in [7, 11) is 0. The van der Waals surface area contributed by atoms with Gasteiger partial charge in [-0.15, -0.1) is 0 Å². The maximum absolute atomic E-state index is 5.24. The summed E-state index contributed by atoms with van der Waals surface area (Å²) in [5.41, 5.74) is 1.97. The van der Waals surface area contributed by atoms with Crippen LogP contribution in [0.15, 0.2) is 48.7 Å². The van der Waals surface area contributed by atoms with Crippen molar-refractivity contribution in [3.8, 4) is 0 Å². The summed E-state index contributed by atoms with van der Waals surface area (Å²) in [5.74, 6) is 0. The minimum atomic E-state index is 0.602. The molecule has 0 aliphatic rings. The smallest absolute Gasteiger partial charge is 0.171 e. The molecule has 2 rings (SSSR count). The van der Waals surface area contributed by atoms with E-state index in [1.165, 1.54) is 0 Å². The average molecular weight is 369 g/mol. The molecule has 0 aliphatic carbocycles. The Morgan fingerprint density at radius 1 is 1.17 bits per heavy atom. The van der Waals surface area contributed by atoms with Crippen LogP contribution < -0.4 is 10.6 Å². The van der Waals surface area contributed by atoms with Gasteiger partial charge in [0.2, 0.25) is 0 Å². The van der Waals surface area contributed by atoms with Crippen LogP contribution in [0, 0.1) is 3.57 Å². The molecule has 92 valence electrons. The van der Waals surface area contributed by atoms with Gasteiger partial charge in [-0.2, -0.15) is 0 Å². The van der Waals surface area contributed by atoms with Gasteiger partial charge in [0.1, 0.15) is 0 Å². The fourth-order valence-electron chi connectivity index (χ4n) is 1.40. The highest BCUT2D eigenvalue weighted by atomic mass is 127. The van der Waals surface area contributed by atoms with Gasteiger partial charge in [0.05, 0.1) is 17.9 Å². The van der Waals surface area contributed by atoms with E-state index in [0.717, 1.165) is 15.0 Å². The Kier molecular flexibility index (Phi) is 4.89. The Hall–Kier alpha value is -1.21. The molecular weight excluding hydrogens is 357 g/mol. The molecule has 0 fully saturated rings. The summed E-state index contributed by atoms with van der Waals surface area (Å²) < 4.78 is 1.14. The van der Waals surface area contributed by atoms with Crippen molar-refractivity contribution >= 4 is 45.6 Å². The number of para-hydroxylation sites is 1. The molecular formula is C13H12IN3S. The van der Waals surface area contributed by atoms with Crippen LogP contribution in [0.3, 0.4) is 0 Å². The number of nitrogens with one attached hydrogen (secondary N) is 2. The van der Waals surface area contributed by atoms with Gasteiger partial charge in [-0.3, -0.25) is 4.98 Å². The topological polar surface area (TPSA) is 37.0 Å². The maximum atomic E-state index is 5.24. The fourth-order valence-corrected chi connectivity index (χ4v) is 2.11. The zero-order valence-corrected chi connectivity index (χ0v) is 12.5. The first kappa shape index (κ1) is 13.2. The Morgan fingerprint density at radius 3 is 2.67 bits per heavy atom. The van der Waals surface area contributed by atoms with E-state index in [1.54, 1.807) is 6.20 Å². The predicted molar refractivity (Wildman–Crippen MR) is 86.5 cm³/mol. The third-order valence-corrected chi connectivity index (χ3v) is 3.47. The molecule has 3 nitrogen and oxygen atoms in total. The molecule has 2 aromatic rings. The van der Waals surface area contributed by atoms with Crippen molar-refractivity contribution in [1.29, 1.82) is 0 Å². The van der Waals surface area contributed by atoms with E-state index < -0.39 is 0 Å². The number of benzene rings is 1. The summed E-state index contributed by atoms with van der Waals surface area (Å²) in [5, 5.41) is 6.90. The number of hydrogen-bond acceptors (Lipinski definition) is 2. The molecule has 2 N–H and O–H groups in total. The highest BCUT2D eigenvalue weighted by molar-refractivity contribution is 14.1. The van der Waals surface area contributed by atoms with Crippen LogP contribution in [0.2, 0.25) is 0 Å². The van der Waals surface area contributed by atoms with Gasteiger partial charge in [0.15, 0.2) is 5.11 Å². The molecule has 1 aromatic heterocycles. The number of anilines is 1. The van der Waals surface area contributed by atoms with Gasteiger partial charge in [0.25, 0.3) is 0 Å². The van der Waals surface area contributed by atoms with Crippen molar-refractivity contribution in [2.45, 2.75) is 6.54 Å². The van der Waals surface area contributed by atoms with Crippen molar-refractivity contribution in [3.63, 3.8) is 0 Å².